The van der Waals surface area contributed by atoms with Gasteiger partial charge in [-0.1, -0.05) is 24.3 Å². The Morgan fingerprint density at radius 1 is 1.19 bits per heavy atom. The molecule has 1 aromatic rings. The van der Waals surface area contributed by atoms with E-state index in [-0.39, 0.29) is 12.5 Å². The number of carboxylic acids is 1. The zero-order chi connectivity index (χ0) is 15.1. The van der Waals surface area contributed by atoms with Crippen molar-refractivity contribution in [2.75, 3.05) is 11.9 Å². The van der Waals surface area contributed by atoms with E-state index < -0.39 is 5.97 Å². The van der Waals surface area contributed by atoms with Crippen LogP contribution in [0.15, 0.2) is 36.4 Å². The van der Waals surface area contributed by atoms with E-state index in [2.05, 4.69) is 22.8 Å². The molecule has 1 aliphatic rings. The molecule has 0 fully saturated rings. The first-order valence-corrected chi connectivity index (χ1v) is 7.14. The third kappa shape index (κ3) is 5.30. The number of urea groups is 1. The Morgan fingerprint density at radius 2 is 1.95 bits per heavy atom. The van der Waals surface area contributed by atoms with Gasteiger partial charge >= 0.3 is 12.0 Å². The van der Waals surface area contributed by atoms with Gasteiger partial charge in [-0.05, 0) is 42.9 Å². The third-order valence-corrected chi connectivity index (χ3v) is 3.50. The predicted octanol–water partition coefficient (Wildman–Crippen LogP) is 2.79. The van der Waals surface area contributed by atoms with Crippen molar-refractivity contribution < 1.29 is 14.7 Å². The largest absolute Gasteiger partial charge is 0.481 e. The maximum absolute atomic E-state index is 11.8. The Kier molecular flexibility index (Phi) is 5.37. The molecule has 0 saturated carbocycles. The molecule has 21 heavy (non-hydrogen) atoms. The molecule has 2 amide bonds. The van der Waals surface area contributed by atoms with Crippen LogP contribution in [0.3, 0.4) is 0 Å². The molecule has 5 nitrogen and oxygen atoms in total. The van der Waals surface area contributed by atoms with Crippen LogP contribution in [-0.2, 0) is 11.2 Å². The van der Waals surface area contributed by atoms with Crippen LogP contribution in [0.1, 0.15) is 24.8 Å². The fourth-order valence-corrected chi connectivity index (χ4v) is 2.33. The molecule has 0 heterocycles. The fourth-order valence-electron chi connectivity index (χ4n) is 2.33. The van der Waals surface area contributed by atoms with Gasteiger partial charge in [0.25, 0.3) is 0 Å². The molecule has 3 N–H and O–H groups in total. The Labute approximate surface area is 124 Å². The molecule has 1 aliphatic carbocycles. The lowest BCUT2D eigenvalue weighted by atomic mass is 9.94. The number of carbonyl (C=O) groups excluding carboxylic acids is 1. The van der Waals surface area contributed by atoms with E-state index in [1.165, 1.54) is 0 Å². The smallest absolute Gasteiger partial charge is 0.319 e. The summed E-state index contributed by atoms with van der Waals surface area (Å²) in [6.07, 6.45) is 7.54. The second kappa shape index (κ2) is 7.47. The van der Waals surface area contributed by atoms with Gasteiger partial charge in [-0.3, -0.25) is 4.79 Å². The van der Waals surface area contributed by atoms with Gasteiger partial charge in [0.2, 0.25) is 0 Å². The van der Waals surface area contributed by atoms with E-state index >= 15 is 0 Å². The number of carboxylic acid groups (broad SMARTS) is 1. The van der Waals surface area contributed by atoms with Crippen molar-refractivity contribution in [2.45, 2.75) is 25.7 Å². The number of amides is 2. The van der Waals surface area contributed by atoms with E-state index in [4.69, 9.17) is 5.11 Å². The van der Waals surface area contributed by atoms with E-state index in [0.29, 0.717) is 23.7 Å². The van der Waals surface area contributed by atoms with Gasteiger partial charge in [-0.2, -0.15) is 0 Å². The normalized spacial score (nSPS) is 17.2. The van der Waals surface area contributed by atoms with Gasteiger partial charge in [0.1, 0.15) is 0 Å². The van der Waals surface area contributed by atoms with Crippen LogP contribution in [0.25, 0.3) is 0 Å². The van der Waals surface area contributed by atoms with Gasteiger partial charge in [-0.25, -0.2) is 4.79 Å². The summed E-state index contributed by atoms with van der Waals surface area (Å²) in [4.78, 5) is 22.4. The molecule has 1 atom stereocenters. The molecule has 0 spiro atoms. The van der Waals surface area contributed by atoms with Gasteiger partial charge in [-0.15, -0.1) is 0 Å². The number of rotatable bonds is 5. The number of anilines is 1. The molecule has 0 saturated heterocycles. The van der Waals surface area contributed by atoms with E-state index in [9.17, 15) is 9.59 Å². The van der Waals surface area contributed by atoms with E-state index in [1.807, 2.05) is 0 Å². The minimum atomic E-state index is -0.866. The van der Waals surface area contributed by atoms with Crippen LogP contribution >= 0.6 is 0 Å². The summed E-state index contributed by atoms with van der Waals surface area (Å²) in [5.74, 6) is -0.353. The quantitative estimate of drug-likeness (QED) is 0.729. The zero-order valence-corrected chi connectivity index (χ0v) is 11.8. The third-order valence-electron chi connectivity index (χ3n) is 3.50. The molecule has 0 aromatic heterocycles. The SMILES string of the molecule is O=C(O)Cc1ccc(NC(=O)NCC2CC=CCC2)cc1. The lowest BCUT2D eigenvalue weighted by Gasteiger charge is -2.18. The summed E-state index contributed by atoms with van der Waals surface area (Å²) in [5.41, 5.74) is 1.37. The van der Waals surface area contributed by atoms with Crippen LogP contribution in [0.4, 0.5) is 10.5 Å². The molecule has 5 heteroatoms. The molecular formula is C16H20N2O3. The van der Waals surface area contributed by atoms with Gasteiger partial charge in [0.05, 0.1) is 6.42 Å². The summed E-state index contributed by atoms with van der Waals surface area (Å²) in [6, 6.07) is 6.60. The Bertz CT molecular complexity index is 523. The standard InChI is InChI=1S/C16H20N2O3/c19-15(20)10-12-6-8-14(9-7-12)18-16(21)17-11-13-4-2-1-3-5-13/h1-2,6-9,13H,3-5,10-11H2,(H,19,20)(H2,17,18,21). The highest BCUT2D eigenvalue weighted by Crippen LogP contribution is 2.17. The Balaban J connectivity index is 1.76. The molecule has 0 aliphatic heterocycles. The summed E-state index contributed by atoms with van der Waals surface area (Å²) in [5, 5.41) is 14.3. The van der Waals surface area contributed by atoms with Crippen molar-refractivity contribution in [3.8, 4) is 0 Å². The number of hydrogen-bond donors (Lipinski definition) is 3. The van der Waals surface area contributed by atoms with Crippen molar-refractivity contribution >= 4 is 17.7 Å². The second-order valence-electron chi connectivity index (χ2n) is 5.25. The molecule has 0 bridgehead atoms. The van der Waals surface area contributed by atoms with Gasteiger partial charge in [0.15, 0.2) is 0 Å². The first-order chi connectivity index (χ1) is 10.1. The number of allylic oxidation sites excluding steroid dienone is 2. The summed E-state index contributed by atoms with van der Waals surface area (Å²) in [7, 11) is 0. The first-order valence-electron chi connectivity index (χ1n) is 7.14. The molecule has 112 valence electrons. The average Bonchev–Trinajstić information content (AvgIpc) is 2.48. The highest BCUT2D eigenvalue weighted by molar-refractivity contribution is 5.89. The molecule has 1 aromatic carbocycles. The maximum Gasteiger partial charge on any atom is 0.319 e. The van der Waals surface area contributed by atoms with Crippen molar-refractivity contribution in [3.05, 3.63) is 42.0 Å². The molecular weight excluding hydrogens is 268 g/mol. The summed E-state index contributed by atoms with van der Waals surface area (Å²) >= 11 is 0. The first kappa shape index (κ1) is 15.1. The number of hydrogen-bond acceptors (Lipinski definition) is 2. The lowest BCUT2D eigenvalue weighted by molar-refractivity contribution is -0.136. The van der Waals surface area contributed by atoms with E-state index in [1.54, 1.807) is 24.3 Å². The Hall–Kier alpha value is -2.30. The number of aliphatic carboxylic acids is 1. The van der Waals surface area contributed by atoms with Crippen LogP contribution in [0.5, 0.6) is 0 Å². The minimum absolute atomic E-state index is 0.0122. The topological polar surface area (TPSA) is 78.4 Å². The predicted molar refractivity (Wildman–Crippen MR) is 81.3 cm³/mol. The van der Waals surface area contributed by atoms with Crippen LogP contribution in [0.2, 0.25) is 0 Å². The van der Waals surface area contributed by atoms with Crippen LogP contribution in [-0.4, -0.2) is 23.7 Å². The second-order valence-corrected chi connectivity index (χ2v) is 5.25. The average molecular weight is 288 g/mol. The van der Waals surface area contributed by atoms with Gasteiger partial charge < -0.3 is 15.7 Å². The highest BCUT2D eigenvalue weighted by Gasteiger charge is 2.11. The van der Waals surface area contributed by atoms with Crippen LogP contribution < -0.4 is 10.6 Å². The summed E-state index contributed by atoms with van der Waals surface area (Å²) in [6.45, 7) is 0.674. The molecule has 0 radical (unpaired) electrons. The Morgan fingerprint density at radius 3 is 2.57 bits per heavy atom. The summed E-state index contributed by atoms with van der Waals surface area (Å²) < 4.78 is 0. The van der Waals surface area contributed by atoms with Crippen LogP contribution in [0, 0.1) is 5.92 Å². The van der Waals surface area contributed by atoms with Crippen molar-refractivity contribution in [2.24, 2.45) is 5.92 Å². The zero-order valence-electron chi connectivity index (χ0n) is 11.8. The van der Waals surface area contributed by atoms with Crippen molar-refractivity contribution in [3.63, 3.8) is 0 Å². The number of carbonyl (C=O) groups is 2. The maximum atomic E-state index is 11.8. The lowest BCUT2D eigenvalue weighted by Crippen LogP contribution is -2.33. The van der Waals surface area contributed by atoms with Gasteiger partial charge in [0, 0.05) is 12.2 Å². The number of nitrogens with one attached hydrogen (secondary N) is 2. The minimum Gasteiger partial charge on any atom is -0.481 e. The fraction of sp³-hybridized carbons (Fsp3) is 0.375. The van der Waals surface area contributed by atoms with Crippen molar-refractivity contribution in [1.29, 1.82) is 0 Å². The van der Waals surface area contributed by atoms with Crippen molar-refractivity contribution in [1.82, 2.24) is 5.32 Å². The highest BCUT2D eigenvalue weighted by atomic mass is 16.4. The number of benzene rings is 1. The molecule has 2 rings (SSSR count). The molecule has 1 unspecified atom stereocenters. The van der Waals surface area contributed by atoms with E-state index in [0.717, 1.165) is 19.3 Å². The monoisotopic (exact) mass is 288 g/mol.